The number of aryl methyl sites for hydroxylation is 2. The van der Waals surface area contributed by atoms with Gasteiger partial charge in [0.25, 0.3) is 0 Å². The number of hydrogen-bond acceptors (Lipinski definition) is 6. The molecule has 0 atom stereocenters. The highest BCUT2D eigenvalue weighted by Gasteiger charge is 2.02. The van der Waals surface area contributed by atoms with Crippen LogP contribution in [0.4, 0.5) is 0 Å². The van der Waals surface area contributed by atoms with Crippen LogP contribution >= 0.6 is 0 Å². The molecule has 0 aliphatic rings. The van der Waals surface area contributed by atoms with Gasteiger partial charge in [0.05, 0.1) is 5.69 Å². The highest BCUT2D eigenvalue weighted by atomic mass is 16.5. The molecule has 0 radical (unpaired) electrons. The minimum atomic E-state index is 0.657. The van der Waals surface area contributed by atoms with Crippen molar-refractivity contribution in [3.8, 4) is 0 Å². The van der Waals surface area contributed by atoms with Gasteiger partial charge >= 0.3 is 0 Å². The van der Waals surface area contributed by atoms with E-state index in [1.807, 2.05) is 13.2 Å². The highest BCUT2D eigenvalue weighted by Crippen LogP contribution is 1.96. The topological polar surface area (TPSA) is 81.7 Å². The van der Waals surface area contributed by atoms with E-state index >= 15 is 0 Å². The van der Waals surface area contributed by atoms with Crippen LogP contribution < -0.4 is 5.32 Å². The van der Waals surface area contributed by atoms with E-state index in [0.29, 0.717) is 18.3 Å². The molecule has 86 valence electrons. The molecule has 1 N–H and O–H groups in total. The van der Waals surface area contributed by atoms with Crippen molar-refractivity contribution < 1.29 is 4.52 Å². The van der Waals surface area contributed by atoms with Gasteiger partial charge in [-0.2, -0.15) is 4.98 Å². The van der Waals surface area contributed by atoms with Gasteiger partial charge in [-0.1, -0.05) is 10.4 Å². The lowest BCUT2D eigenvalue weighted by Gasteiger charge is -1.98. The summed E-state index contributed by atoms with van der Waals surface area (Å²) in [7, 11) is 1.84. The largest absolute Gasteiger partial charge is 0.339 e. The Labute approximate surface area is 92.8 Å². The Hall–Kier alpha value is -1.76. The zero-order chi connectivity index (χ0) is 11.4. The van der Waals surface area contributed by atoms with Gasteiger partial charge in [0, 0.05) is 32.8 Å². The Morgan fingerprint density at radius 2 is 2.38 bits per heavy atom. The van der Waals surface area contributed by atoms with Crippen molar-refractivity contribution in [2.24, 2.45) is 7.05 Å². The molecule has 0 fully saturated rings. The normalized spacial score (nSPS) is 10.9. The van der Waals surface area contributed by atoms with Crippen molar-refractivity contribution in [2.75, 3.05) is 6.54 Å². The van der Waals surface area contributed by atoms with Crippen molar-refractivity contribution in [1.82, 2.24) is 30.5 Å². The maximum Gasteiger partial charge on any atom is 0.227 e. The van der Waals surface area contributed by atoms with Crippen LogP contribution in [0.5, 0.6) is 0 Å². The van der Waals surface area contributed by atoms with Gasteiger partial charge in [-0.25, -0.2) is 0 Å². The molecular formula is C9H14N6O. The minimum absolute atomic E-state index is 0.657. The summed E-state index contributed by atoms with van der Waals surface area (Å²) in [5, 5.41) is 14.8. The first-order valence-electron chi connectivity index (χ1n) is 5.09. The average molecular weight is 222 g/mol. The van der Waals surface area contributed by atoms with Crippen LogP contribution in [0, 0.1) is 6.92 Å². The van der Waals surface area contributed by atoms with Gasteiger partial charge in [0.2, 0.25) is 5.89 Å². The number of aromatic nitrogens is 5. The van der Waals surface area contributed by atoms with Gasteiger partial charge in [0.1, 0.15) is 0 Å². The predicted molar refractivity (Wildman–Crippen MR) is 55.4 cm³/mol. The number of nitrogens with zero attached hydrogens (tertiary/aromatic N) is 5. The Balaban J connectivity index is 1.69. The third kappa shape index (κ3) is 2.86. The summed E-state index contributed by atoms with van der Waals surface area (Å²) in [4.78, 5) is 4.11. The lowest BCUT2D eigenvalue weighted by molar-refractivity contribution is 0.372. The number of hydrogen-bond donors (Lipinski definition) is 1. The molecule has 0 bridgehead atoms. The van der Waals surface area contributed by atoms with E-state index < -0.39 is 0 Å². The van der Waals surface area contributed by atoms with Crippen LogP contribution in [0.25, 0.3) is 0 Å². The van der Waals surface area contributed by atoms with E-state index in [1.54, 1.807) is 11.6 Å². The molecule has 0 aliphatic carbocycles. The molecular weight excluding hydrogens is 208 g/mol. The van der Waals surface area contributed by atoms with E-state index in [4.69, 9.17) is 4.52 Å². The lowest BCUT2D eigenvalue weighted by atomic mass is 10.4. The second-order valence-corrected chi connectivity index (χ2v) is 3.55. The quantitative estimate of drug-likeness (QED) is 0.708. The van der Waals surface area contributed by atoms with Gasteiger partial charge in [0.15, 0.2) is 5.82 Å². The summed E-state index contributed by atoms with van der Waals surface area (Å²) in [6.07, 6.45) is 2.60. The summed E-state index contributed by atoms with van der Waals surface area (Å²) in [6.45, 7) is 3.28. The van der Waals surface area contributed by atoms with Gasteiger partial charge in [-0.3, -0.25) is 4.68 Å². The fourth-order valence-electron chi connectivity index (χ4n) is 1.33. The monoisotopic (exact) mass is 222 g/mol. The molecule has 7 nitrogen and oxygen atoms in total. The smallest absolute Gasteiger partial charge is 0.227 e. The molecule has 0 saturated heterocycles. The van der Waals surface area contributed by atoms with Crippen LogP contribution in [-0.4, -0.2) is 31.7 Å². The van der Waals surface area contributed by atoms with Gasteiger partial charge in [-0.15, -0.1) is 5.10 Å². The average Bonchev–Trinajstić information content (AvgIpc) is 2.83. The SMILES string of the molecule is Cc1noc(CCNCc2cn(C)nn2)n1. The summed E-state index contributed by atoms with van der Waals surface area (Å²) in [5.41, 5.74) is 0.921. The fraction of sp³-hybridized carbons (Fsp3) is 0.556. The maximum absolute atomic E-state index is 4.99. The first-order chi connectivity index (χ1) is 7.74. The van der Waals surface area contributed by atoms with Gasteiger partial charge < -0.3 is 9.84 Å². The van der Waals surface area contributed by atoms with E-state index in [-0.39, 0.29) is 0 Å². The Bertz CT molecular complexity index is 406. The molecule has 2 heterocycles. The van der Waals surface area contributed by atoms with Crippen LogP contribution in [0.1, 0.15) is 17.4 Å². The minimum Gasteiger partial charge on any atom is -0.339 e. The van der Waals surface area contributed by atoms with Crippen molar-refractivity contribution in [3.63, 3.8) is 0 Å². The molecule has 0 spiro atoms. The molecule has 0 aliphatic heterocycles. The first kappa shape index (κ1) is 10.7. The van der Waals surface area contributed by atoms with Crippen LogP contribution in [0.3, 0.4) is 0 Å². The van der Waals surface area contributed by atoms with Crippen LogP contribution in [0.15, 0.2) is 10.7 Å². The Morgan fingerprint density at radius 3 is 3.00 bits per heavy atom. The van der Waals surface area contributed by atoms with Crippen molar-refractivity contribution in [1.29, 1.82) is 0 Å². The molecule has 16 heavy (non-hydrogen) atoms. The molecule has 7 heteroatoms. The zero-order valence-corrected chi connectivity index (χ0v) is 9.34. The summed E-state index contributed by atoms with van der Waals surface area (Å²) >= 11 is 0. The molecule has 0 saturated carbocycles. The Morgan fingerprint density at radius 1 is 1.50 bits per heavy atom. The van der Waals surface area contributed by atoms with E-state index in [9.17, 15) is 0 Å². The standard InChI is InChI=1S/C9H14N6O/c1-7-11-9(16-13-7)3-4-10-5-8-6-15(2)14-12-8/h6,10H,3-5H2,1-2H3. The third-order valence-corrected chi connectivity index (χ3v) is 2.04. The fourth-order valence-corrected chi connectivity index (χ4v) is 1.33. The molecule has 2 aromatic heterocycles. The highest BCUT2D eigenvalue weighted by molar-refractivity contribution is 4.91. The van der Waals surface area contributed by atoms with Crippen molar-refractivity contribution >= 4 is 0 Å². The molecule has 0 aromatic carbocycles. The summed E-state index contributed by atoms with van der Waals surface area (Å²) in [6, 6.07) is 0. The third-order valence-electron chi connectivity index (χ3n) is 2.04. The predicted octanol–water partition coefficient (Wildman–Crippen LogP) is -0.161. The molecule has 2 aromatic rings. The van der Waals surface area contributed by atoms with Crippen molar-refractivity contribution in [3.05, 3.63) is 23.6 Å². The lowest BCUT2D eigenvalue weighted by Crippen LogP contribution is -2.17. The van der Waals surface area contributed by atoms with E-state index in [0.717, 1.165) is 18.7 Å². The van der Waals surface area contributed by atoms with E-state index in [1.165, 1.54) is 0 Å². The first-order valence-corrected chi connectivity index (χ1v) is 5.09. The number of nitrogens with one attached hydrogen (secondary N) is 1. The van der Waals surface area contributed by atoms with Crippen LogP contribution in [-0.2, 0) is 20.0 Å². The maximum atomic E-state index is 4.99. The van der Waals surface area contributed by atoms with Crippen LogP contribution in [0.2, 0.25) is 0 Å². The van der Waals surface area contributed by atoms with Gasteiger partial charge in [-0.05, 0) is 6.92 Å². The summed E-state index contributed by atoms with van der Waals surface area (Å²) < 4.78 is 6.67. The van der Waals surface area contributed by atoms with Crippen molar-refractivity contribution in [2.45, 2.75) is 19.9 Å². The second-order valence-electron chi connectivity index (χ2n) is 3.55. The second kappa shape index (κ2) is 4.84. The zero-order valence-electron chi connectivity index (χ0n) is 9.34. The molecule has 0 amide bonds. The summed E-state index contributed by atoms with van der Waals surface area (Å²) in [5.74, 6) is 1.33. The van der Waals surface area contributed by atoms with E-state index in [2.05, 4.69) is 25.8 Å². The Kier molecular flexibility index (Phi) is 3.25. The molecule has 2 rings (SSSR count). The number of rotatable bonds is 5. The molecule has 0 unspecified atom stereocenters.